The van der Waals surface area contributed by atoms with E-state index in [1.165, 1.54) is 0 Å². The number of nitrogens with one attached hydrogen (secondary N) is 1. The van der Waals surface area contributed by atoms with Crippen LogP contribution in [-0.4, -0.2) is 9.97 Å². The number of hydrogen-bond donors (Lipinski definition) is 1. The van der Waals surface area contributed by atoms with Crippen LogP contribution in [-0.2, 0) is 0 Å². The summed E-state index contributed by atoms with van der Waals surface area (Å²) in [5, 5.41) is 0. The highest BCUT2D eigenvalue weighted by molar-refractivity contribution is 5.69. The van der Waals surface area contributed by atoms with E-state index < -0.39 is 0 Å². The second kappa shape index (κ2) is 3.27. The molecule has 1 heterocycles. The zero-order valence-corrected chi connectivity index (χ0v) is 7.20. The monoisotopic (exact) mass is 170 g/mol. The van der Waals surface area contributed by atoms with Crippen molar-refractivity contribution in [1.29, 1.82) is 0 Å². The summed E-state index contributed by atoms with van der Waals surface area (Å²) in [4.78, 5) is 7.26. The van der Waals surface area contributed by atoms with Crippen LogP contribution in [0.25, 0.3) is 17.5 Å². The Morgan fingerprint density at radius 1 is 1.31 bits per heavy atom. The van der Waals surface area contributed by atoms with E-state index in [4.69, 9.17) is 0 Å². The number of aromatic amines is 1. The summed E-state index contributed by atoms with van der Waals surface area (Å²) >= 11 is 0. The van der Waals surface area contributed by atoms with Crippen molar-refractivity contribution < 1.29 is 0 Å². The molecule has 64 valence electrons. The van der Waals surface area contributed by atoms with Crippen molar-refractivity contribution in [3.63, 3.8) is 0 Å². The van der Waals surface area contributed by atoms with Gasteiger partial charge in [0.2, 0.25) is 0 Å². The fourth-order valence-electron chi connectivity index (χ4n) is 1.30. The molecule has 0 aliphatic heterocycles. The maximum atomic E-state index is 4.19. The molecule has 1 aromatic heterocycles. The third-order valence-electron chi connectivity index (χ3n) is 1.93. The second-order valence-corrected chi connectivity index (χ2v) is 2.73. The third-order valence-corrected chi connectivity index (χ3v) is 1.93. The number of rotatable bonds is 2. The molecule has 2 rings (SSSR count). The summed E-state index contributed by atoms with van der Waals surface area (Å²) in [6.45, 7) is 3.76. The van der Waals surface area contributed by atoms with E-state index in [1.54, 1.807) is 6.20 Å². The molecule has 0 spiro atoms. The Bertz CT molecular complexity index is 402. The summed E-state index contributed by atoms with van der Waals surface area (Å²) < 4.78 is 0. The molecule has 0 fully saturated rings. The van der Waals surface area contributed by atoms with E-state index in [1.807, 2.05) is 36.5 Å². The summed E-state index contributed by atoms with van der Waals surface area (Å²) in [5.74, 6) is 0.885. The van der Waals surface area contributed by atoms with Crippen LogP contribution in [0.15, 0.2) is 43.2 Å². The Kier molecular flexibility index (Phi) is 1.96. The lowest BCUT2D eigenvalue weighted by Crippen LogP contribution is -1.83. The number of imidazole rings is 1. The van der Waals surface area contributed by atoms with E-state index in [2.05, 4.69) is 16.5 Å². The Balaban J connectivity index is 2.57. The Morgan fingerprint density at radius 2 is 2.15 bits per heavy atom. The lowest BCUT2D eigenvalue weighted by atomic mass is 10.1. The van der Waals surface area contributed by atoms with Gasteiger partial charge in [-0.3, -0.25) is 0 Å². The Hall–Kier alpha value is -1.83. The third kappa shape index (κ3) is 1.38. The molecule has 2 heteroatoms. The van der Waals surface area contributed by atoms with Crippen LogP contribution >= 0.6 is 0 Å². The first kappa shape index (κ1) is 7.80. The van der Waals surface area contributed by atoms with Crippen LogP contribution in [0.5, 0.6) is 0 Å². The fraction of sp³-hybridized carbons (Fsp3) is 0. The van der Waals surface area contributed by atoms with Gasteiger partial charge in [0, 0.05) is 18.0 Å². The molecule has 0 bridgehead atoms. The van der Waals surface area contributed by atoms with E-state index in [0.29, 0.717) is 0 Å². The van der Waals surface area contributed by atoms with Gasteiger partial charge in [0.15, 0.2) is 0 Å². The SMILES string of the molecule is C=Cc1ccccc1-c1ncc[nH]1. The van der Waals surface area contributed by atoms with Crippen molar-refractivity contribution in [2.24, 2.45) is 0 Å². The summed E-state index contributed by atoms with van der Waals surface area (Å²) in [7, 11) is 0. The van der Waals surface area contributed by atoms with Gasteiger partial charge in [-0.25, -0.2) is 4.98 Å². The highest BCUT2D eigenvalue weighted by atomic mass is 14.9. The second-order valence-electron chi connectivity index (χ2n) is 2.73. The van der Waals surface area contributed by atoms with Crippen LogP contribution in [0.3, 0.4) is 0 Å². The lowest BCUT2D eigenvalue weighted by molar-refractivity contribution is 1.31. The van der Waals surface area contributed by atoms with Crippen molar-refractivity contribution >= 4 is 6.08 Å². The highest BCUT2D eigenvalue weighted by Gasteiger charge is 2.02. The minimum atomic E-state index is 0.885. The summed E-state index contributed by atoms with van der Waals surface area (Å²) in [6.07, 6.45) is 5.39. The maximum Gasteiger partial charge on any atom is 0.137 e. The zero-order chi connectivity index (χ0) is 9.10. The van der Waals surface area contributed by atoms with Gasteiger partial charge in [0.25, 0.3) is 0 Å². The van der Waals surface area contributed by atoms with Gasteiger partial charge in [0.1, 0.15) is 5.82 Å². The molecule has 0 aliphatic rings. The van der Waals surface area contributed by atoms with Gasteiger partial charge in [-0.05, 0) is 5.56 Å². The first-order valence-corrected chi connectivity index (χ1v) is 4.13. The highest BCUT2D eigenvalue weighted by Crippen LogP contribution is 2.20. The maximum absolute atomic E-state index is 4.19. The summed E-state index contributed by atoms with van der Waals surface area (Å²) in [5.41, 5.74) is 2.18. The molecule has 0 saturated carbocycles. The van der Waals surface area contributed by atoms with Crippen molar-refractivity contribution in [1.82, 2.24) is 9.97 Å². The molecular weight excluding hydrogens is 160 g/mol. The molecule has 2 nitrogen and oxygen atoms in total. The Morgan fingerprint density at radius 3 is 2.85 bits per heavy atom. The van der Waals surface area contributed by atoms with Crippen molar-refractivity contribution in [3.8, 4) is 11.4 Å². The number of benzene rings is 1. The topological polar surface area (TPSA) is 28.7 Å². The largest absolute Gasteiger partial charge is 0.345 e. The first-order chi connectivity index (χ1) is 6.42. The molecule has 0 aliphatic carbocycles. The van der Waals surface area contributed by atoms with E-state index in [0.717, 1.165) is 17.0 Å². The number of hydrogen-bond acceptors (Lipinski definition) is 1. The predicted molar refractivity (Wildman–Crippen MR) is 54.1 cm³/mol. The molecule has 1 N–H and O–H groups in total. The van der Waals surface area contributed by atoms with Crippen LogP contribution in [0.2, 0.25) is 0 Å². The first-order valence-electron chi connectivity index (χ1n) is 4.13. The van der Waals surface area contributed by atoms with Gasteiger partial charge < -0.3 is 4.98 Å². The average molecular weight is 170 g/mol. The molecule has 0 radical (unpaired) electrons. The average Bonchev–Trinajstić information content (AvgIpc) is 2.70. The molecule has 0 atom stereocenters. The molecule has 0 saturated heterocycles. The Labute approximate surface area is 77.0 Å². The lowest BCUT2D eigenvalue weighted by Gasteiger charge is -2.00. The molecule has 0 unspecified atom stereocenters. The standard InChI is InChI=1S/C11H10N2/c1-2-9-5-3-4-6-10(9)11-12-7-8-13-11/h2-8H,1H2,(H,12,13). The van der Waals surface area contributed by atoms with Crippen LogP contribution < -0.4 is 0 Å². The molecule has 0 amide bonds. The van der Waals surface area contributed by atoms with Gasteiger partial charge >= 0.3 is 0 Å². The fourth-order valence-corrected chi connectivity index (χ4v) is 1.30. The van der Waals surface area contributed by atoms with E-state index in [9.17, 15) is 0 Å². The van der Waals surface area contributed by atoms with Gasteiger partial charge in [0.05, 0.1) is 0 Å². The summed E-state index contributed by atoms with van der Waals surface area (Å²) in [6, 6.07) is 8.02. The number of nitrogens with zero attached hydrogens (tertiary/aromatic N) is 1. The van der Waals surface area contributed by atoms with Crippen LogP contribution in [0.4, 0.5) is 0 Å². The minimum Gasteiger partial charge on any atom is -0.345 e. The smallest absolute Gasteiger partial charge is 0.137 e. The normalized spacial score (nSPS) is 9.85. The quantitative estimate of drug-likeness (QED) is 0.737. The predicted octanol–water partition coefficient (Wildman–Crippen LogP) is 2.72. The minimum absolute atomic E-state index is 0.885. The zero-order valence-electron chi connectivity index (χ0n) is 7.20. The molecule has 1 aromatic carbocycles. The van der Waals surface area contributed by atoms with Crippen molar-refractivity contribution in [3.05, 3.63) is 48.8 Å². The van der Waals surface area contributed by atoms with Gasteiger partial charge in [-0.15, -0.1) is 0 Å². The van der Waals surface area contributed by atoms with E-state index in [-0.39, 0.29) is 0 Å². The molecular formula is C11H10N2. The van der Waals surface area contributed by atoms with Gasteiger partial charge in [-0.1, -0.05) is 36.9 Å². The van der Waals surface area contributed by atoms with Crippen LogP contribution in [0, 0.1) is 0 Å². The molecule has 13 heavy (non-hydrogen) atoms. The molecule has 2 aromatic rings. The van der Waals surface area contributed by atoms with Crippen molar-refractivity contribution in [2.45, 2.75) is 0 Å². The van der Waals surface area contributed by atoms with Gasteiger partial charge in [-0.2, -0.15) is 0 Å². The van der Waals surface area contributed by atoms with Crippen LogP contribution in [0.1, 0.15) is 5.56 Å². The number of H-pyrrole nitrogens is 1. The van der Waals surface area contributed by atoms with E-state index >= 15 is 0 Å². The van der Waals surface area contributed by atoms with Crippen molar-refractivity contribution in [2.75, 3.05) is 0 Å². The number of aromatic nitrogens is 2.